The summed E-state index contributed by atoms with van der Waals surface area (Å²) in [5.74, 6) is 4.58. The number of hydrogen-bond donors (Lipinski definition) is 0. The van der Waals surface area contributed by atoms with Crippen LogP contribution in [-0.4, -0.2) is 18.1 Å². The van der Waals surface area contributed by atoms with Crippen molar-refractivity contribution >= 4 is 28.5 Å². The Hall–Kier alpha value is -4.09. The number of esters is 1. The molecule has 0 spiro atoms. The number of halogens is 4. The van der Waals surface area contributed by atoms with Gasteiger partial charge in [0, 0.05) is 41.4 Å². The van der Waals surface area contributed by atoms with Gasteiger partial charge in [-0.2, -0.15) is 0 Å². The molecule has 2 heterocycles. The minimum atomic E-state index is -4.81. The average Bonchev–Trinajstić information content (AvgIpc) is 3.12. The molecule has 0 unspecified atom stereocenters. The van der Waals surface area contributed by atoms with Crippen LogP contribution in [0.5, 0.6) is 11.5 Å². The van der Waals surface area contributed by atoms with Crippen molar-refractivity contribution in [2.45, 2.75) is 26.0 Å². The monoisotopic (exact) mass is 512 g/mol. The van der Waals surface area contributed by atoms with Crippen molar-refractivity contribution in [1.82, 2.24) is 0 Å². The van der Waals surface area contributed by atoms with Crippen molar-refractivity contribution in [3.63, 3.8) is 0 Å². The Bertz CT molecular complexity index is 1560. The molecular weight excluding hydrogens is 497 g/mol. The number of ether oxygens (including phenoxy) is 3. The number of carbonyl (C=O) groups is 1. The fraction of sp³-hybridized carbons (Fsp3) is 0.148. The van der Waals surface area contributed by atoms with Crippen LogP contribution in [0, 0.1) is 11.8 Å². The third-order valence-electron chi connectivity index (χ3n) is 5.21. The molecule has 182 valence electrons. The molecule has 0 amide bonds. The molecule has 0 fully saturated rings. The first-order valence-electron chi connectivity index (χ1n) is 10.6. The van der Waals surface area contributed by atoms with Crippen molar-refractivity contribution in [3.05, 3.63) is 82.4 Å². The number of furan rings is 1. The number of carbonyl (C=O) groups excluding carboxylic acids is 1. The molecule has 0 N–H and O–H groups in total. The summed E-state index contributed by atoms with van der Waals surface area (Å²) in [4.78, 5) is 12.6. The topological polar surface area (TPSA) is 57.9 Å². The minimum absolute atomic E-state index is 0.203. The lowest BCUT2D eigenvalue weighted by atomic mass is 10.0. The highest BCUT2D eigenvalue weighted by molar-refractivity contribution is 6.30. The summed E-state index contributed by atoms with van der Waals surface area (Å²) in [6.45, 7) is 3.22. The fourth-order valence-electron chi connectivity index (χ4n) is 3.77. The second-order valence-corrected chi connectivity index (χ2v) is 8.81. The molecule has 1 aliphatic heterocycles. The SMILES string of the molecule is CC1(C)OC(=O)c2cc3c(C#Cc4cccc(Cl)c4)c(-c4ccc(OC(F)(F)F)cc4)oc3cc2O1. The summed E-state index contributed by atoms with van der Waals surface area (Å²) >= 11 is 6.06. The molecule has 0 bridgehead atoms. The number of benzene rings is 3. The van der Waals surface area contributed by atoms with Crippen molar-refractivity contribution in [1.29, 1.82) is 0 Å². The predicted octanol–water partition coefficient (Wildman–Crippen LogP) is 7.34. The molecule has 36 heavy (non-hydrogen) atoms. The van der Waals surface area contributed by atoms with E-state index in [1.165, 1.54) is 24.3 Å². The van der Waals surface area contributed by atoms with Crippen molar-refractivity contribution in [2.24, 2.45) is 0 Å². The summed E-state index contributed by atoms with van der Waals surface area (Å²) in [7, 11) is 0. The molecule has 9 heteroatoms. The van der Waals surface area contributed by atoms with Gasteiger partial charge in [-0.25, -0.2) is 4.79 Å². The molecular formula is C27H16ClF3O5. The van der Waals surface area contributed by atoms with E-state index in [9.17, 15) is 18.0 Å². The Morgan fingerprint density at radius 1 is 0.972 bits per heavy atom. The van der Waals surface area contributed by atoms with Crippen LogP contribution in [0.3, 0.4) is 0 Å². The summed E-state index contributed by atoms with van der Waals surface area (Å²) in [5.41, 5.74) is 2.10. The molecule has 3 aromatic carbocycles. The zero-order valence-corrected chi connectivity index (χ0v) is 19.6. The zero-order valence-electron chi connectivity index (χ0n) is 18.8. The summed E-state index contributed by atoms with van der Waals surface area (Å²) in [6, 6.07) is 15.3. The Balaban J connectivity index is 1.67. The smallest absolute Gasteiger partial charge is 0.455 e. The van der Waals surface area contributed by atoms with E-state index < -0.39 is 18.1 Å². The van der Waals surface area contributed by atoms with E-state index in [0.717, 1.165) is 0 Å². The molecule has 5 nitrogen and oxygen atoms in total. The van der Waals surface area contributed by atoms with Gasteiger partial charge in [0.15, 0.2) is 5.76 Å². The Labute approximate surface area is 208 Å². The van der Waals surface area contributed by atoms with Crippen LogP contribution in [-0.2, 0) is 4.74 Å². The van der Waals surface area contributed by atoms with Gasteiger partial charge in [-0.15, -0.1) is 13.2 Å². The Morgan fingerprint density at radius 3 is 2.42 bits per heavy atom. The second kappa shape index (κ2) is 8.54. The fourth-order valence-corrected chi connectivity index (χ4v) is 3.96. The first-order valence-corrected chi connectivity index (χ1v) is 11.0. The van der Waals surface area contributed by atoms with E-state index in [-0.39, 0.29) is 17.1 Å². The number of rotatable bonds is 2. The zero-order chi connectivity index (χ0) is 25.7. The van der Waals surface area contributed by atoms with Gasteiger partial charge in [0.25, 0.3) is 0 Å². The molecule has 0 saturated carbocycles. The van der Waals surface area contributed by atoms with Gasteiger partial charge in [-0.3, -0.25) is 0 Å². The molecule has 0 saturated heterocycles. The van der Waals surface area contributed by atoms with Crippen molar-refractivity contribution in [3.8, 4) is 34.7 Å². The minimum Gasteiger partial charge on any atom is -0.455 e. The number of cyclic esters (lactones) is 1. The van der Waals surface area contributed by atoms with E-state index in [1.807, 2.05) is 0 Å². The van der Waals surface area contributed by atoms with Gasteiger partial charge in [0.2, 0.25) is 5.79 Å². The van der Waals surface area contributed by atoms with Gasteiger partial charge < -0.3 is 18.6 Å². The first kappa shape index (κ1) is 23.6. The summed E-state index contributed by atoms with van der Waals surface area (Å²) < 4.78 is 58.9. The maximum Gasteiger partial charge on any atom is 0.573 e. The lowest BCUT2D eigenvalue weighted by Gasteiger charge is -2.31. The normalized spacial score (nSPS) is 14.3. The van der Waals surface area contributed by atoms with Crippen LogP contribution >= 0.6 is 11.6 Å². The van der Waals surface area contributed by atoms with E-state index in [0.29, 0.717) is 38.4 Å². The second-order valence-electron chi connectivity index (χ2n) is 8.37. The maximum absolute atomic E-state index is 12.6. The molecule has 0 aliphatic carbocycles. The maximum atomic E-state index is 12.6. The van der Waals surface area contributed by atoms with E-state index in [4.69, 9.17) is 25.5 Å². The van der Waals surface area contributed by atoms with Crippen LogP contribution < -0.4 is 9.47 Å². The number of fused-ring (bicyclic) bond motifs is 2. The van der Waals surface area contributed by atoms with Gasteiger partial charge in [-0.05, 0) is 48.5 Å². The van der Waals surface area contributed by atoms with Crippen molar-refractivity contribution in [2.75, 3.05) is 0 Å². The molecule has 5 rings (SSSR count). The van der Waals surface area contributed by atoms with Gasteiger partial charge in [0.05, 0.1) is 5.56 Å². The van der Waals surface area contributed by atoms with E-state index in [1.54, 1.807) is 50.2 Å². The molecule has 1 aliphatic rings. The van der Waals surface area contributed by atoms with Gasteiger partial charge >= 0.3 is 12.3 Å². The standard InChI is InChI=1S/C27H16ClF3O5/c1-26(2)35-23-14-22-20(13-21(23)25(32)36-26)19(11-6-15-4-3-5-17(28)12-15)24(33-22)16-7-9-18(10-8-16)34-27(29,30)31/h3-5,7-10,12-14H,1-2H3. The number of alkyl halides is 3. The molecule has 0 atom stereocenters. The predicted molar refractivity (Wildman–Crippen MR) is 126 cm³/mol. The summed E-state index contributed by atoms with van der Waals surface area (Å²) in [6.07, 6.45) is -4.81. The average molecular weight is 513 g/mol. The third kappa shape index (κ3) is 4.83. The Morgan fingerprint density at radius 2 is 1.72 bits per heavy atom. The molecule has 0 radical (unpaired) electrons. The highest BCUT2D eigenvalue weighted by Crippen LogP contribution is 2.40. The first-order chi connectivity index (χ1) is 17.0. The van der Waals surface area contributed by atoms with Gasteiger partial charge in [-0.1, -0.05) is 29.5 Å². The van der Waals surface area contributed by atoms with Gasteiger partial charge in [0.1, 0.15) is 22.6 Å². The lowest BCUT2D eigenvalue weighted by Crippen LogP contribution is -2.38. The van der Waals surface area contributed by atoms with Crippen molar-refractivity contribution < 1.29 is 36.6 Å². The quantitative estimate of drug-likeness (QED) is 0.208. The van der Waals surface area contributed by atoms with Crippen LogP contribution in [0.15, 0.2) is 65.1 Å². The lowest BCUT2D eigenvalue weighted by molar-refractivity contribution is -0.274. The largest absolute Gasteiger partial charge is 0.573 e. The molecule has 1 aromatic heterocycles. The Kier molecular flexibility index (Phi) is 5.61. The highest BCUT2D eigenvalue weighted by atomic mass is 35.5. The van der Waals surface area contributed by atoms with Crippen LogP contribution in [0.1, 0.15) is 35.3 Å². The molecule has 4 aromatic rings. The summed E-state index contributed by atoms with van der Waals surface area (Å²) in [5, 5.41) is 1.02. The van der Waals surface area contributed by atoms with E-state index in [2.05, 4.69) is 16.6 Å². The van der Waals surface area contributed by atoms with Crippen LogP contribution in [0.2, 0.25) is 5.02 Å². The van der Waals surface area contributed by atoms with Crippen LogP contribution in [0.25, 0.3) is 22.3 Å². The van der Waals surface area contributed by atoms with Crippen LogP contribution in [0.4, 0.5) is 13.2 Å². The number of hydrogen-bond acceptors (Lipinski definition) is 5. The highest BCUT2D eigenvalue weighted by Gasteiger charge is 2.35. The van der Waals surface area contributed by atoms with E-state index >= 15 is 0 Å². The third-order valence-corrected chi connectivity index (χ3v) is 5.45.